The third-order valence-corrected chi connectivity index (χ3v) is 2.86. The molecule has 0 heterocycles. The zero-order valence-electron chi connectivity index (χ0n) is 11.9. The summed E-state index contributed by atoms with van der Waals surface area (Å²) in [5, 5.41) is 37.0. The van der Waals surface area contributed by atoms with Crippen molar-refractivity contribution in [1.29, 1.82) is 0 Å². The van der Waals surface area contributed by atoms with Gasteiger partial charge in [0.15, 0.2) is 23.0 Å². The first-order valence-corrected chi connectivity index (χ1v) is 6.55. The first kappa shape index (κ1) is 16.0. The van der Waals surface area contributed by atoms with Crippen LogP contribution in [0, 0.1) is 0 Å². The average Bonchev–Trinajstić information content (AvgIpc) is 2.52. The molecule has 2 aromatic carbocycles. The largest absolute Gasteiger partial charge is 0.504 e. The van der Waals surface area contributed by atoms with Gasteiger partial charge in [0.05, 0.1) is 6.26 Å². The van der Waals surface area contributed by atoms with Crippen LogP contribution in [0.15, 0.2) is 48.7 Å². The number of carbonyl (C=O) groups excluding carboxylic acids is 1. The molecule has 0 saturated carbocycles. The Morgan fingerprint density at radius 2 is 1.30 bits per heavy atom. The van der Waals surface area contributed by atoms with E-state index < -0.39 is 5.97 Å². The second-order valence-electron chi connectivity index (χ2n) is 4.57. The van der Waals surface area contributed by atoms with Gasteiger partial charge in [0, 0.05) is 6.08 Å². The van der Waals surface area contributed by atoms with Gasteiger partial charge in [-0.3, -0.25) is 0 Å². The minimum Gasteiger partial charge on any atom is -0.504 e. The lowest BCUT2D eigenvalue weighted by Crippen LogP contribution is -1.93. The van der Waals surface area contributed by atoms with E-state index in [9.17, 15) is 25.2 Å². The fourth-order valence-corrected chi connectivity index (χ4v) is 1.67. The monoisotopic (exact) mass is 314 g/mol. The van der Waals surface area contributed by atoms with Crippen LogP contribution in [0.1, 0.15) is 11.1 Å². The molecule has 23 heavy (non-hydrogen) atoms. The topological polar surface area (TPSA) is 107 Å². The maximum Gasteiger partial charge on any atom is 0.335 e. The first-order valence-electron chi connectivity index (χ1n) is 6.55. The van der Waals surface area contributed by atoms with Crippen molar-refractivity contribution in [3.8, 4) is 23.0 Å². The van der Waals surface area contributed by atoms with Crippen LogP contribution in [0.4, 0.5) is 0 Å². The smallest absolute Gasteiger partial charge is 0.335 e. The number of phenolic OH excluding ortho intramolecular Hbond substituents is 4. The highest BCUT2D eigenvalue weighted by Crippen LogP contribution is 2.26. The highest BCUT2D eigenvalue weighted by Gasteiger charge is 2.00. The third kappa shape index (κ3) is 4.53. The van der Waals surface area contributed by atoms with Crippen LogP contribution in [0.2, 0.25) is 0 Å². The Bertz CT molecular complexity index is 777. The average molecular weight is 314 g/mol. The normalized spacial score (nSPS) is 11.1. The Kier molecular flexibility index (Phi) is 4.89. The lowest BCUT2D eigenvalue weighted by molar-refractivity contribution is -0.132. The summed E-state index contributed by atoms with van der Waals surface area (Å²) in [5.41, 5.74) is 1.06. The second kappa shape index (κ2) is 7.04. The summed E-state index contributed by atoms with van der Waals surface area (Å²) in [7, 11) is 0. The van der Waals surface area contributed by atoms with Crippen LogP contribution in [0.3, 0.4) is 0 Å². The van der Waals surface area contributed by atoms with Crippen LogP contribution in [-0.2, 0) is 9.53 Å². The Morgan fingerprint density at radius 1 is 0.783 bits per heavy atom. The molecular formula is C17H14O6. The minimum absolute atomic E-state index is 0.237. The van der Waals surface area contributed by atoms with Crippen molar-refractivity contribution in [3.05, 3.63) is 59.9 Å². The summed E-state index contributed by atoms with van der Waals surface area (Å²) in [5.74, 6) is -1.68. The zero-order valence-corrected chi connectivity index (χ0v) is 11.9. The molecular weight excluding hydrogens is 300 g/mol. The van der Waals surface area contributed by atoms with Crippen molar-refractivity contribution >= 4 is 18.1 Å². The molecule has 0 aliphatic rings. The molecule has 0 radical (unpaired) electrons. The molecule has 118 valence electrons. The SMILES string of the molecule is O=C(/C=C/c1ccc(O)c(O)c1)O/C=C\c1ccc(O)c(O)c1. The van der Waals surface area contributed by atoms with Gasteiger partial charge < -0.3 is 25.2 Å². The molecule has 4 N–H and O–H groups in total. The van der Waals surface area contributed by atoms with Gasteiger partial charge in [0.25, 0.3) is 0 Å². The van der Waals surface area contributed by atoms with Crippen molar-refractivity contribution in [3.63, 3.8) is 0 Å². The molecule has 0 saturated heterocycles. The number of esters is 1. The molecule has 0 aliphatic heterocycles. The van der Waals surface area contributed by atoms with Gasteiger partial charge in [-0.25, -0.2) is 4.79 Å². The predicted octanol–water partition coefficient (Wildman–Crippen LogP) is 2.74. The molecule has 0 aliphatic carbocycles. The molecule has 0 aromatic heterocycles. The Balaban J connectivity index is 1.93. The van der Waals surface area contributed by atoms with E-state index in [4.69, 9.17) is 4.74 Å². The van der Waals surface area contributed by atoms with Crippen molar-refractivity contribution in [2.24, 2.45) is 0 Å². The molecule has 0 spiro atoms. The van der Waals surface area contributed by atoms with Gasteiger partial charge >= 0.3 is 5.97 Å². The highest BCUT2D eigenvalue weighted by molar-refractivity contribution is 5.87. The number of hydrogen-bond donors (Lipinski definition) is 4. The number of carbonyl (C=O) groups is 1. The van der Waals surface area contributed by atoms with E-state index in [0.29, 0.717) is 11.1 Å². The van der Waals surface area contributed by atoms with Gasteiger partial charge in [0.1, 0.15) is 0 Å². The molecule has 2 aromatic rings. The molecule has 2 rings (SSSR count). The second-order valence-corrected chi connectivity index (χ2v) is 4.57. The summed E-state index contributed by atoms with van der Waals surface area (Å²) < 4.78 is 4.83. The van der Waals surface area contributed by atoms with Crippen LogP contribution < -0.4 is 0 Å². The number of aromatic hydroxyl groups is 4. The predicted molar refractivity (Wildman–Crippen MR) is 83.7 cm³/mol. The number of ether oxygens (including phenoxy) is 1. The van der Waals surface area contributed by atoms with E-state index in [1.54, 1.807) is 0 Å². The quantitative estimate of drug-likeness (QED) is 0.299. The van der Waals surface area contributed by atoms with Crippen LogP contribution in [0.5, 0.6) is 23.0 Å². The van der Waals surface area contributed by atoms with Crippen molar-refractivity contribution in [2.75, 3.05) is 0 Å². The van der Waals surface area contributed by atoms with Gasteiger partial charge in [-0.15, -0.1) is 0 Å². The van der Waals surface area contributed by atoms with Crippen molar-refractivity contribution in [1.82, 2.24) is 0 Å². The summed E-state index contributed by atoms with van der Waals surface area (Å²) in [6, 6.07) is 8.29. The number of rotatable bonds is 4. The van der Waals surface area contributed by atoms with E-state index in [-0.39, 0.29) is 23.0 Å². The van der Waals surface area contributed by atoms with Crippen molar-refractivity contribution < 1.29 is 30.0 Å². The van der Waals surface area contributed by atoms with Crippen LogP contribution in [0.25, 0.3) is 12.2 Å². The van der Waals surface area contributed by atoms with E-state index in [1.807, 2.05) is 0 Å². The van der Waals surface area contributed by atoms with Gasteiger partial charge in [-0.2, -0.15) is 0 Å². The van der Waals surface area contributed by atoms with E-state index in [1.165, 1.54) is 48.6 Å². The van der Waals surface area contributed by atoms with E-state index in [0.717, 1.165) is 12.3 Å². The Hall–Kier alpha value is -3.41. The maximum atomic E-state index is 11.5. The minimum atomic E-state index is -0.642. The van der Waals surface area contributed by atoms with Crippen LogP contribution >= 0.6 is 0 Å². The maximum absolute atomic E-state index is 11.5. The molecule has 6 heteroatoms. The number of hydrogen-bond acceptors (Lipinski definition) is 6. The molecule has 0 fully saturated rings. The summed E-state index contributed by atoms with van der Waals surface area (Å²) in [6.45, 7) is 0. The Morgan fingerprint density at radius 3 is 1.83 bits per heavy atom. The summed E-state index contributed by atoms with van der Waals surface area (Å²) >= 11 is 0. The molecule has 6 nitrogen and oxygen atoms in total. The van der Waals surface area contributed by atoms with E-state index >= 15 is 0 Å². The van der Waals surface area contributed by atoms with Gasteiger partial charge in [0.2, 0.25) is 0 Å². The molecule has 0 unspecified atom stereocenters. The Labute approximate surface area is 131 Å². The molecule has 0 amide bonds. The van der Waals surface area contributed by atoms with Crippen molar-refractivity contribution in [2.45, 2.75) is 0 Å². The zero-order chi connectivity index (χ0) is 16.8. The van der Waals surface area contributed by atoms with Crippen LogP contribution in [-0.4, -0.2) is 26.4 Å². The standard InChI is InChI=1S/C17H14O6/c18-13-4-1-11(9-15(13)20)3-6-17(22)23-8-7-12-2-5-14(19)16(21)10-12/h1-10,18-21H/b6-3+,8-7-. The fourth-order valence-electron chi connectivity index (χ4n) is 1.67. The fraction of sp³-hybridized carbons (Fsp3) is 0. The lowest BCUT2D eigenvalue weighted by atomic mass is 10.2. The lowest BCUT2D eigenvalue weighted by Gasteiger charge is -1.99. The van der Waals surface area contributed by atoms with E-state index in [2.05, 4.69) is 0 Å². The van der Waals surface area contributed by atoms with Gasteiger partial charge in [-0.05, 0) is 47.5 Å². The van der Waals surface area contributed by atoms with Gasteiger partial charge in [-0.1, -0.05) is 12.1 Å². The molecule has 0 atom stereocenters. The summed E-state index contributed by atoms with van der Waals surface area (Å²) in [4.78, 5) is 11.5. The first-order chi connectivity index (χ1) is 11.0. The molecule has 0 bridgehead atoms. The highest BCUT2D eigenvalue weighted by atomic mass is 16.5. The summed E-state index contributed by atoms with van der Waals surface area (Å²) in [6.07, 6.45) is 5.16. The number of benzene rings is 2. The third-order valence-electron chi connectivity index (χ3n) is 2.86. The number of phenols is 4.